The van der Waals surface area contributed by atoms with Gasteiger partial charge in [0.1, 0.15) is 11.2 Å². The molecule has 0 amide bonds. The lowest BCUT2D eigenvalue weighted by Crippen LogP contribution is -2.00. The molecule has 8 aromatic carbocycles. The highest BCUT2D eigenvalue weighted by Gasteiger charge is 2.21. The summed E-state index contributed by atoms with van der Waals surface area (Å²) in [6, 6.07) is 56.9. The lowest BCUT2D eigenvalue weighted by molar-refractivity contribution is 0.669. The second-order valence-electron chi connectivity index (χ2n) is 12.4. The Morgan fingerprint density at radius 2 is 0.918 bits per heavy atom. The third-order valence-corrected chi connectivity index (χ3v) is 9.48. The van der Waals surface area contributed by atoms with E-state index in [4.69, 9.17) is 19.4 Å². The van der Waals surface area contributed by atoms with Gasteiger partial charge in [0.25, 0.3) is 0 Å². The first-order valence-corrected chi connectivity index (χ1v) is 16.4. The van der Waals surface area contributed by atoms with Gasteiger partial charge in [-0.2, -0.15) is 0 Å². The van der Waals surface area contributed by atoms with Crippen LogP contribution < -0.4 is 0 Å². The van der Waals surface area contributed by atoms with Crippen molar-refractivity contribution in [1.82, 2.24) is 15.0 Å². The molecule has 10 aromatic rings. The highest BCUT2D eigenvalue weighted by molar-refractivity contribution is 6.24. The molecule has 4 nitrogen and oxygen atoms in total. The topological polar surface area (TPSA) is 51.8 Å². The van der Waals surface area contributed by atoms with E-state index in [1.165, 1.54) is 32.3 Å². The number of hydrogen-bond donors (Lipinski definition) is 0. The SMILES string of the molecule is c1ccc(-c2nc(-c3ccccc3)nc(-c3cc(-c4cc5ccccc5c5ccc6ccccc6c45)cc4oc5ccccc5c34)n2)cc1. The first-order chi connectivity index (χ1) is 24.3. The number of hydrogen-bond acceptors (Lipinski definition) is 4. The van der Waals surface area contributed by atoms with Gasteiger partial charge < -0.3 is 4.42 Å². The van der Waals surface area contributed by atoms with Crippen LogP contribution in [0.4, 0.5) is 0 Å². The van der Waals surface area contributed by atoms with Gasteiger partial charge in [-0.15, -0.1) is 0 Å². The van der Waals surface area contributed by atoms with E-state index in [2.05, 4.69) is 91.0 Å². The molecule has 0 aliphatic carbocycles. The molecule has 0 saturated heterocycles. The Bertz CT molecular complexity index is 2820. The van der Waals surface area contributed by atoms with Crippen LogP contribution in [-0.2, 0) is 0 Å². The van der Waals surface area contributed by atoms with Gasteiger partial charge in [0.15, 0.2) is 17.5 Å². The van der Waals surface area contributed by atoms with Crippen molar-refractivity contribution in [3.8, 4) is 45.3 Å². The highest BCUT2D eigenvalue weighted by Crippen LogP contribution is 2.44. The molecule has 4 heteroatoms. The molecule has 0 bridgehead atoms. The molecule has 2 aromatic heterocycles. The van der Waals surface area contributed by atoms with E-state index in [0.717, 1.165) is 49.8 Å². The molecule has 0 aliphatic heterocycles. The molecule has 49 heavy (non-hydrogen) atoms. The van der Waals surface area contributed by atoms with E-state index in [-0.39, 0.29) is 0 Å². The summed E-state index contributed by atoms with van der Waals surface area (Å²) in [5.41, 5.74) is 6.55. The summed E-state index contributed by atoms with van der Waals surface area (Å²) < 4.78 is 6.62. The minimum atomic E-state index is 0.598. The van der Waals surface area contributed by atoms with Gasteiger partial charge in [0.05, 0.1) is 0 Å². The van der Waals surface area contributed by atoms with Gasteiger partial charge in [-0.25, -0.2) is 15.0 Å². The average Bonchev–Trinajstić information content (AvgIpc) is 3.56. The number of para-hydroxylation sites is 1. The van der Waals surface area contributed by atoms with Crippen molar-refractivity contribution in [3.05, 3.63) is 164 Å². The van der Waals surface area contributed by atoms with Crippen molar-refractivity contribution >= 4 is 54.3 Å². The zero-order chi connectivity index (χ0) is 32.3. The van der Waals surface area contributed by atoms with Crippen LogP contribution in [0.2, 0.25) is 0 Å². The lowest BCUT2D eigenvalue weighted by atomic mass is 9.89. The van der Waals surface area contributed by atoms with E-state index in [9.17, 15) is 0 Å². The van der Waals surface area contributed by atoms with Gasteiger partial charge in [0, 0.05) is 27.5 Å². The van der Waals surface area contributed by atoms with Crippen LogP contribution in [-0.4, -0.2) is 15.0 Å². The summed E-state index contributed by atoms with van der Waals surface area (Å²) in [5.74, 6) is 1.84. The van der Waals surface area contributed by atoms with Crippen LogP contribution in [0.3, 0.4) is 0 Å². The smallest absolute Gasteiger partial charge is 0.164 e. The van der Waals surface area contributed by atoms with Gasteiger partial charge >= 0.3 is 0 Å². The number of aromatic nitrogens is 3. The van der Waals surface area contributed by atoms with Crippen LogP contribution in [0.1, 0.15) is 0 Å². The van der Waals surface area contributed by atoms with E-state index in [1.807, 2.05) is 72.8 Å². The standard InChI is InChI=1S/C45H27N3O/c1-3-14-29(15-4-1)43-46-44(30-16-5-2-6-17-30)48-45(47-43)38-26-32(27-40-42(38)36-21-11-12-22-39(36)49-40)37-25-31-18-8-9-19-33(31)35-24-23-28-13-7-10-20-34(28)41(35)37/h1-27H. The summed E-state index contributed by atoms with van der Waals surface area (Å²) in [7, 11) is 0. The van der Waals surface area contributed by atoms with Crippen molar-refractivity contribution < 1.29 is 4.42 Å². The maximum Gasteiger partial charge on any atom is 0.164 e. The summed E-state index contributed by atoms with van der Waals surface area (Å²) in [6.07, 6.45) is 0. The van der Waals surface area contributed by atoms with Crippen LogP contribution in [0, 0.1) is 0 Å². The molecule has 228 valence electrons. The quantitative estimate of drug-likeness (QED) is 0.183. The van der Waals surface area contributed by atoms with E-state index in [0.29, 0.717) is 17.5 Å². The fourth-order valence-electron chi connectivity index (χ4n) is 7.22. The summed E-state index contributed by atoms with van der Waals surface area (Å²) in [6.45, 7) is 0. The molecule has 0 aliphatic rings. The molecule has 0 N–H and O–H groups in total. The van der Waals surface area contributed by atoms with E-state index >= 15 is 0 Å². The van der Waals surface area contributed by atoms with Crippen molar-refractivity contribution in [2.45, 2.75) is 0 Å². The van der Waals surface area contributed by atoms with E-state index < -0.39 is 0 Å². The largest absolute Gasteiger partial charge is 0.456 e. The highest BCUT2D eigenvalue weighted by atomic mass is 16.3. The summed E-state index contributed by atoms with van der Waals surface area (Å²) in [4.78, 5) is 15.3. The molecule has 2 heterocycles. The Hall–Kier alpha value is -6.65. The van der Waals surface area contributed by atoms with Crippen molar-refractivity contribution in [1.29, 1.82) is 0 Å². The van der Waals surface area contributed by atoms with Gasteiger partial charge in [-0.1, -0.05) is 140 Å². The number of rotatable bonds is 4. The monoisotopic (exact) mass is 625 g/mol. The maximum atomic E-state index is 6.62. The normalized spacial score (nSPS) is 11.7. The van der Waals surface area contributed by atoms with Gasteiger partial charge in [-0.3, -0.25) is 0 Å². The van der Waals surface area contributed by atoms with Crippen molar-refractivity contribution in [2.75, 3.05) is 0 Å². The van der Waals surface area contributed by atoms with Crippen LogP contribution in [0.15, 0.2) is 168 Å². The van der Waals surface area contributed by atoms with E-state index in [1.54, 1.807) is 0 Å². The molecule has 0 fully saturated rings. The summed E-state index contributed by atoms with van der Waals surface area (Å²) >= 11 is 0. The third kappa shape index (κ3) is 4.49. The zero-order valence-electron chi connectivity index (χ0n) is 26.3. The first-order valence-electron chi connectivity index (χ1n) is 16.4. The van der Waals surface area contributed by atoms with Crippen LogP contribution in [0.25, 0.3) is 99.5 Å². The molecule has 0 atom stereocenters. The zero-order valence-corrected chi connectivity index (χ0v) is 26.3. The molecule has 0 saturated carbocycles. The molecule has 0 radical (unpaired) electrons. The Balaban J connectivity index is 1.33. The van der Waals surface area contributed by atoms with Crippen molar-refractivity contribution in [2.24, 2.45) is 0 Å². The number of furan rings is 1. The Kier molecular flexibility index (Phi) is 6.15. The van der Waals surface area contributed by atoms with Crippen LogP contribution in [0.5, 0.6) is 0 Å². The average molecular weight is 626 g/mol. The minimum Gasteiger partial charge on any atom is -0.456 e. The lowest BCUT2D eigenvalue weighted by Gasteiger charge is -2.15. The summed E-state index contributed by atoms with van der Waals surface area (Å²) in [5, 5.41) is 9.27. The maximum absolute atomic E-state index is 6.62. The first kappa shape index (κ1) is 27.5. The molecule has 10 rings (SSSR count). The minimum absolute atomic E-state index is 0.598. The Morgan fingerprint density at radius 1 is 0.327 bits per heavy atom. The fraction of sp³-hybridized carbons (Fsp3) is 0. The number of fused-ring (bicyclic) bond motifs is 8. The predicted octanol–water partition coefficient (Wildman–Crippen LogP) is 11.9. The molecular weight excluding hydrogens is 599 g/mol. The number of nitrogens with zero attached hydrogens (tertiary/aromatic N) is 3. The predicted molar refractivity (Wildman–Crippen MR) is 201 cm³/mol. The third-order valence-electron chi connectivity index (χ3n) is 9.48. The van der Waals surface area contributed by atoms with Crippen molar-refractivity contribution in [3.63, 3.8) is 0 Å². The van der Waals surface area contributed by atoms with Crippen LogP contribution >= 0.6 is 0 Å². The van der Waals surface area contributed by atoms with Gasteiger partial charge in [0.2, 0.25) is 0 Å². The molecule has 0 spiro atoms. The molecular formula is C45H27N3O. The van der Waals surface area contributed by atoms with Gasteiger partial charge in [-0.05, 0) is 67.7 Å². The Morgan fingerprint density at radius 3 is 1.65 bits per heavy atom. The Labute approximate surface area is 282 Å². The molecule has 0 unspecified atom stereocenters. The fourth-order valence-corrected chi connectivity index (χ4v) is 7.22. The number of benzene rings is 8. The second kappa shape index (κ2) is 11.0. The second-order valence-corrected chi connectivity index (χ2v) is 12.4.